The van der Waals surface area contributed by atoms with Gasteiger partial charge in [-0.05, 0) is 75.7 Å². The van der Waals surface area contributed by atoms with E-state index in [1.165, 1.54) is 19.3 Å². The highest BCUT2D eigenvalue weighted by Gasteiger charge is 2.23. The van der Waals surface area contributed by atoms with Crippen LogP contribution >= 0.6 is 0 Å². The maximum Gasteiger partial charge on any atom is 0.319 e. The molecule has 3 rings (SSSR count). The van der Waals surface area contributed by atoms with E-state index in [2.05, 4.69) is 33.0 Å². The first-order chi connectivity index (χ1) is 15.5. The van der Waals surface area contributed by atoms with E-state index in [4.69, 9.17) is 4.74 Å². The second-order valence-corrected chi connectivity index (χ2v) is 8.43. The minimum absolute atomic E-state index is 0.0335. The summed E-state index contributed by atoms with van der Waals surface area (Å²) in [6.45, 7) is 6.35. The van der Waals surface area contributed by atoms with Crippen molar-refractivity contribution in [2.45, 2.75) is 45.2 Å². The van der Waals surface area contributed by atoms with E-state index >= 15 is 0 Å². The maximum atomic E-state index is 12.9. The van der Waals surface area contributed by atoms with Crippen LogP contribution in [-0.2, 0) is 0 Å². The molecule has 32 heavy (non-hydrogen) atoms. The lowest BCUT2D eigenvalue weighted by atomic mass is 10.0. The average molecular weight is 439 g/mol. The van der Waals surface area contributed by atoms with Crippen LogP contribution in [0.5, 0.6) is 5.75 Å². The van der Waals surface area contributed by atoms with Crippen molar-refractivity contribution >= 4 is 17.6 Å². The molecule has 0 radical (unpaired) electrons. The molecule has 2 aromatic carbocycles. The largest absolute Gasteiger partial charge is 0.497 e. The number of nitrogens with one attached hydrogen (secondary N) is 3. The average Bonchev–Trinajstić information content (AvgIpc) is 2.80. The van der Waals surface area contributed by atoms with E-state index < -0.39 is 0 Å². The van der Waals surface area contributed by atoms with E-state index in [0.29, 0.717) is 17.8 Å². The van der Waals surface area contributed by atoms with Crippen molar-refractivity contribution in [1.29, 1.82) is 0 Å². The van der Waals surface area contributed by atoms with Gasteiger partial charge in [0.15, 0.2) is 0 Å². The van der Waals surface area contributed by atoms with Crippen molar-refractivity contribution in [2.24, 2.45) is 0 Å². The smallest absolute Gasteiger partial charge is 0.319 e. The molecule has 2 aromatic rings. The normalized spacial score (nSPS) is 15.1. The molecular weight excluding hydrogens is 404 g/mol. The summed E-state index contributed by atoms with van der Waals surface area (Å²) in [5.41, 5.74) is 2.26. The van der Waals surface area contributed by atoms with Crippen molar-refractivity contribution in [3.8, 4) is 5.75 Å². The number of hydrogen-bond acceptors (Lipinski definition) is 4. The Kier molecular flexibility index (Phi) is 8.50. The minimum atomic E-state index is -0.290. The summed E-state index contributed by atoms with van der Waals surface area (Å²) in [6, 6.07) is 14.9. The Balaban J connectivity index is 1.67. The summed E-state index contributed by atoms with van der Waals surface area (Å²) in [4.78, 5) is 27.3. The van der Waals surface area contributed by atoms with Crippen molar-refractivity contribution in [3.63, 3.8) is 0 Å². The predicted octanol–water partition coefficient (Wildman–Crippen LogP) is 4.18. The second kappa shape index (κ2) is 11.5. The predicted molar refractivity (Wildman–Crippen MR) is 127 cm³/mol. The minimum Gasteiger partial charge on any atom is -0.497 e. The summed E-state index contributed by atoms with van der Waals surface area (Å²) in [7, 11) is 1.66. The third-order valence-electron chi connectivity index (χ3n) is 5.59. The second-order valence-electron chi connectivity index (χ2n) is 8.43. The summed E-state index contributed by atoms with van der Waals surface area (Å²) < 4.78 is 5.29. The number of anilines is 1. The number of carbonyl (C=O) groups is 2. The van der Waals surface area contributed by atoms with Crippen LogP contribution < -0.4 is 20.7 Å². The number of urea groups is 1. The van der Waals surface area contributed by atoms with Crippen molar-refractivity contribution in [1.82, 2.24) is 15.5 Å². The van der Waals surface area contributed by atoms with E-state index in [1.807, 2.05) is 26.0 Å². The Morgan fingerprint density at radius 2 is 1.75 bits per heavy atom. The Labute approximate surface area is 190 Å². The molecule has 1 fully saturated rings. The lowest BCUT2D eigenvalue weighted by Gasteiger charge is -2.35. The van der Waals surface area contributed by atoms with Gasteiger partial charge >= 0.3 is 6.03 Å². The molecule has 172 valence electrons. The highest BCUT2D eigenvalue weighted by molar-refractivity contribution is 5.96. The molecule has 7 heteroatoms. The fourth-order valence-corrected chi connectivity index (χ4v) is 3.97. The summed E-state index contributed by atoms with van der Waals surface area (Å²) in [6.07, 6.45) is 3.60. The molecule has 1 atom stereocenters. The van der Waals surface area contributed by atoms with Gasteiger partial charge in [0.2, 0.25) is 0 Å². The molecule has 0 aliphatic carbocycles. The SMILES string of the molecule is COc1ccc(C(CNC(=O)c2cccc(NC(=O)NC(C)C)c2)N2CCCCC2)cc1. The molecule has 0 aromatic heterocycles. The molecule has 7 nitrogen and oxygen atoms in total. The lowest BCUT2D eigenvalue weighted by Crippen LogP contribution is -2.40. The van der Waals surface area contributed by atoms with Crippen molar-refractivity contribution < 1.29 is 14.3 Å². The molecule has 1 unspecified atom stereocenters. The Hall–Kier alpha value is -3.06. The van der Waals surface area contributed by atoms with Crippen LogP contribution in [0.3, 0.4) is 0 Å². The molecule has 3 N–H and O–H groups in total. The molecule has 1 heterocycles. The quantitative estimate of drug-likeness (QED) is 0.577. The number of hydrogen-bond donors (Lipinski definition) is 3. The standard InChI is InChI=1S/C25H34N4O3/c1-18(2)27-25(31)28-21-9-7-8-20(16-21)24(30)26-17-23(29-14-5-4-6-15-29)19-10-12-22(32-3)13-11-19/h7-13,16,18,23H,4-6,14-15,17H2,1-3H3,(H,26,30)(H2,27,28,31). The number of methoxy groups -OCH3 is 1. The summed E-state index contributed by atoms with van der Waals surface area (Å²) in [5.74, 6) is 0.662. The number of nitrogens with zero attached hydrogens (tertiary/aromatic N) is 1. The molecule has 1 aliphatic heterocycles. The van der Waals surface area contributed by atoms with E-state index in [0.717, 1.165) is 24.4 Å². The number of benzene rings is 2. The molecular formula is C25H34N4O3. The van der Waals surface area contributed by atoms with E-state index in [-0.39, 0.29) is 24.0 Å². The van der Waals surface area contributed by atoms with Gasteiger partial charge in [0.05, 0.1) is 13.2 Å². The zero-order valence-corrected chi connectivity index (χ0v) is 19.2. The summed E-state index contributed by atoms with van der Waals surface area (Å²) >= 11 is 0. The maximum absolute atomic E-state index is 12.9. The number of piperidine rings is 1. The number of ether oxygens (including phenoxy) is 1. The van der Waals surface area contributed by atoms with Crippen molar-refractivity contribution in [2.75, 3.05) is 32.1 Å². The van der Waals surface area contributed by atoms with Crippen LogP contribution in [0.4, 0.5) is 10.5 Å². The molecule has 3 amide bonds. The summed E-state index contributed by atoms with van der Waals surface area (Å²) in [5, 5.41) is 8.65. The molecule has 1 aliphatic rings. The van der Waals surface area contributed by atoms with Gasteiger partial charge in [-0.25, -0.2) is 4.79 Å². The Morgan fingerprint density at radius 1 is 1.03 bits per heavy atom. The van der Waals surface area contributed by atoms with Gasteiger partial charge in [-0.2, -0.15) is 0 Å². The number of likely N-dealkylation sites (tertiary alicyclic amines) is 1. The molecule has 0 bridgehead atoms. The van der Waals surface area contributed by atoms with Crippen LogP contribution in [0.15, 0.2) is 48.5 Å². The van der Waals surface area contributed by atoms with Gasteiger partial charge in [0.25, 0.3) is 5.91 Å². The molecule has 1 saturated heterocycles. The third kappa shape index (κ3) is 6.72. The van der Waals surface area contributed by atoms with Gasteiger partial charge in [0, 0.05) is 23.8 Å². The van der Waals surface area contributed by atoms with E-state index in [1.54, 1.807) is 31.4 Å². The van der Waals surface area contributed by atoms with Gasteiger partial charge in [0.1, 0.15) is 5.75 Å². The number of rotatable bonds is 8. The highest BCUT2D eigenvalue weighted by atomic mass is 16.5. The van der Waals surface area contributed by atoms with Crippen LogP contribution in [0, 0.1) is 0 Å². The zero-order chi connectivity index (χ0) is 22.9. The number of carbonyl (C=O) groups excluding carboxylic acids is 2. The van der Waals surface area contributed by atoms with Crippen LogP contribution in [-0.4, -0.2) is 49.6 Å². The monoisotopic (exact) mass is 438 g/mol. The van der Waals surface area contributed by atoms with Crippen LogP contribution in [0.1, 0.15) is 55.1 Å². The first-order valence-electron chi connectivity index (χ1n) is 11.3. The molecule has 0 spiro atoms. The van der Waals surface area contributed by atoms with Gasteiger partial charge < -0.3 is 20.7 Å². The zero-order valence-electron chi connectivity index (χ0n) is 19.2. The fraction of sp³-hybridized carbons (Fsp3) is 0.440. The number of amides is 3. The third-order valence-corrected chi connectivity index (χ3v) is 5.59. The fourth-order valence-electron chi connectivity index (χ4n) is 3.97. The Morgan fingerprint density at radius 3 is 2.41 bits per heavy atom. The van der Waals surface area contributed by atoms with Crippen molar-refractivity contribution in [3.05, 3.63) is 59.7 Å². The van der Waals surface area contributed by atoms with Gasteiger partial charge in [-0.3, -0.25) is 9.69 Å². The topological polar surface area (TPSA) is 82.7 Å². The van der Waals surface area contributed by atoms with E-state index in [9.17, 15) is 9.59 Å². The molecule has 0 saturated carbocycles. The first-order valence-corrected chi connectivity index (χ1v) is 11.3. The van der Waals surface area contributed by atoms with Gasteiger partial charge in [-0.1, -0.05) is 24.6 Å². The lowest BCUT2D eigenvalue weighted by molar-refractivity contribution is 0.0924. The van der Waals surface area contributed by atoms with Gasteiger partial charge in [-0.15, -0.1) is 0 Å². The van der Waals surface area contributed by atoms with Crippen LogP contribution in [0.2, 0.25) is 0 Å². The highest BCUT2D eigenvalue weighted by Crippen LogP contribution is 2.26. The first kappa shape index (κ1) is 23.6. The van der Waals surface area contributed by atoms with Crippen LogP contribution in [0.25, 0.3) is 0 Å². The Bertz CT molecular complexity index is 892.